The van der Waals surface area contributed by atoms with Crippen molar-refractivity contribution in [3.63, 3.8) is 0 Å². The fraction of sp³-hybridized carbons (Fsp3) is 0.692. The van der Waals surface area contributed by atoms with Gasteiger partial charge in [0.1, 0.15) is 0 Å². The van der Waals surface area contributed by atoms with Crippen molar-refractivity contribution in [3.8, 4) is 11.5 Å². The Morgan fingerprint density at radius 1 is 1.06 bits per heavy atom. The molecule has 1 aromatic rings. The van der Waals surface area contributed by atoms with E-state index in [-0.39, 0.29) is 23.0 Å². The summed E-state index contributed by atoms with van der Waals surface area (Å²) in [5.41, 5.74) is 0.0675. The molecule has 0 aliphatic heterocycles. The first-order chi connectivity index (χ1) is 16.5. The second-order valence-corrected chi connectivity index (χ2v) is 13.2. The summed E-state index contributed by atoms with van der Waals surface area (Å²) in [6.45, 7) is 7.77. The Balaban J connectivity index is 0.000000658. The molecule has 5 rings (SSSR count). The summed E-state index contributed by atoms with van der Waals surface area (Å²) in [5, 5.41) is 13.9. The number of nitrogens with one attached hydrogen (secondary N) is 1. The average Bonchev–Trinajstić information content (AvgIpc) is 2.70. The first-order valence-corrected chi connectivity index (χ1v) is 14.3. The molecule has 1 atom stereocenters. The predicted molar refractivity (Wildman–Crippen MR) is 134 cm³/mol. The molecule has 9 nitrogen and oxygen atoms in total. The number of ether oxygens (including phenoxy) is 2. The maximum absolute atomic E-state index is 13.4. The molecule has 10 heteroatoms. The standard InChI is InChI=1S/C25H35NO5.CH4O3S/c1-15(27)30-21-6-5-19(20(28)14-26-24(2,3)4)10-22(21)31-23(29)25-11-16-7-17(12-25)9-18(8-16)13-25;1-5(2,3)4/h5-6,10,16-18,20,26,28H,7-9,11-14H2,1-4H3;1H3,(H,2,3,4). The lowest BCUT2D eigenvalue weighted by Crippen LogP contribution is -2.51. The van der Waals surface area contributed by atoms with Gasteiger partial charge in [0.05, 0.1) is 17.8 Å². The number of hydrogen-bond acceptors (Lipinski definition) is 8. The summed E-state index contributed by atoms with van der Waals surface area (Å²) in [6, 6.07) is 4.93. The third-order valence-corrected chi connectivity index (χ3v) is 7.11. The predicted octanol–water partition coefficient (Wildman–Crippen LogP) is 3.66. The molecule has 4 bridgehead atoms. The summed E-state index contributed by atoms with van der Waals surface area (Å²) < 4.78 is 37.1. The Morgan fingerprint density at radius 3 is 2.00 bits per heavy atom. The van der Waals surface area contributed by atoms with Crippen LogP contribution in [0.5, 0.6) is 11.5 Å². The Hall–Kier alpha value is -2.01. The van der Waals surface area contributed by atoms with Crippen LogP contribution >= 0.6 is 0 Å². The molecular weight excluding hydrogens is 486 g/mol. The smallest absolute Gasteiger partial charge is 0.317 e. The largest absolute Gasteiger partial charge is 0.423 e. The van der Waals surface area contributed by atoms with E-state index in [1.165, 1.54) is 26.2 Å². The molecule has 0 aromatic heterocycles. The average molecular weight is 526 g/mol. The summed E-state index contributed by atoms with van der Waals surface area (Å²) in [7, 11) is -3.67. The number of aliphatic hydroxyl groups is 1. The summed E-state index contributed by atoms with van der Waals surface area (Å²) in [5.74, 6) is 1.62. The van der Waals surface area contributed by atoms with Crippen molar-refractivity contribution in [2.45, 2.75) is 77.9 Å². The SMILES string of the molecule is CC(=O)Oc1ccc(C(O)CNC(C)(C)C)cc1OC(=O)C12CC3CC(CC(C3)C1)C2.CS(=O)(=O)O. The minimum atomic E-state index is -3.67. The van der Waals surface area contributed by atoms with E-state index in [0.717, 1.165) is 19.3 Å². The molecule has 3 N–H and O–H groups in total. The molecule has 4 aliphatic rings. The van der Waals surface area contributed by atoms with E-state index in [0.29, 0.717) is 36.1 Å². The number of aliphatic hydroxyl groups excluding tert-OH is 1. The zero-order valence-corrected chi connectivity index (χ0v) is 22.6. The Labute approximate surface area is 213 Å². The number of esters is 2. The minimum absolute atomic E-state index is 0.132. The van der Waals surface area contributed by atoms with Crippen molar-refractivity contribution < 1.29 is 37.1 Å². The van der Waals surface area contributed by atoms with Gasteiger partial charge in [-0.25, -0.2) is 0 Å². The van der Waals surface area contributed by atoms with E-state index < -0.39 is 27.6 Å². The quantitative estimate of drug-likeness (QED) is 0.288. The lowest BCUT2D eigenvalue weighted by atomic mass is 9.49. The van der Waals surface area contributed by atoms with E-state index in [1.54, 1.807) is 18.2 Å². The molecule has 0 saturated heterocycles. The van der Waals surface area contributed by atoms with Crippen LogP contribution in [0, 0.1) is 23.2 Å². The molecule has 4 aliphatic carbocycles. The van der Waals surface area contributed by atoms with Crippen LogP contribution in [0.3, 0.4) is 0 Å². The van der Waals surface area contributed by atoms with Crippen LogP contribution in [0.2, 0.25) is 0 Å². The highest BCUT2D eigenvalue weighted by atomic mass is 32.2. The van der Waals surface area contributed by atoms with Crippen molar-refractivity contribution in [3.05, 3.63) is 23.8 Å². The Kier molecular flexibility index (Phi) is 8.54. The third kappa shape index (κ3) is 7.99. The molecular formula is C26H39NO8S. The number of carbonyl (C=O) groups excluding carboxylic acids is 2. The summed E-state index contributed by atoms with van der Waals surface area (Å²) >= 11 is 0. The monoisotopic (exact) mass is 525 g/mol. The number of hydrogen-bond donors (Lipinski definition) is 3. The molecule has 0 heterocycles. The molecule has 202 valence electrons. The van der Waals surface area contributed by atoms with E-state index in [2.05, 4.69) is 5.32 Å². The van der Waals surface area contributed by atoms with E-state index in [1.807, 2.05) is 20.8 Å². The highest BCUT2D eigenvalue weighted by Gasteiger charge is 2.55. The van der Waals surface area contributed by atoms with Gasteiger partial charge >= 0.3 is 11.9 Å². The van der Waals surface area contributed by atoms with Crippen LogP contribution in [0.25, 0.3) is 0 Å². The highest BCUT2D eigenvalue weighted by molar-refractivity contribution is 7.85. The molecule has 0 spiro atoms. The van der Waals surface area contributed by atoms with Gasteiger partial charge in [-0.15, -0.1) is 0 Å². The van der Waals surface area contributed by atoms with Crippen LogP contribution in [-0.2, 0) is 19.7 Å². The van der Waals surface area contributed by atoms with E-state index in [9.17, 15) is 23.1 Å². The summed E-state index contributed by atoms with van der Waals surface area (Å²) in [6.07, 6.45) is 6.38. The number of β-amino-alcohol motifs (C(OH)–C–C–N with tert-alkyl or cyclic N) is 1. The maximum Gasteiger partial charge on any atom is 0.317 e. The number of rotatable bonds is 6. The van der Waals surface area contributed by atoms with Gasteiger partial charge in [0.25, 0.3) is 10.1 Å². The van der Waals surface area contributed by atoms with Crippen LogP contribution in [0.15, 0.2) is 18.2 Å². The van der Waals surface area contributed by atoms with Crippen molar-refractivity contribution in [2.75, 3.05) is 12.8 Å². The molecule has 0 amide bonds. The second-order valence-electron chi connectivity index (χ2n) is 11.8. The lowest BCUT2D eigenvalue weighted by molar-refractivity contribution is -0.161. The molecule has 4 fully saturated rings. The van der Waals surface area contributed by atoms with Crippen LogP contribution in [0.1, 0.15) is 77.9 Å². The van der Waals surface area contributed by atoms with Gasteiger partial charge in [-0.05, 0) is 94.7 Å². The summed E-state index contributed by atoms with van der Waals surface area (Å²) in [4.78, 5) is 25.0. The van der Waals surface area contributed by atoms with Gasteiger partial charge < -0.3 is 19.9 Å². The molecule has 1 unspecified atom stereocenters. The van der Waals surface area contributed by atoms with Gasteiger partial charge in [0, 0.05) is 19.0 Å². The van der Waals surface area contributed by atoms with Gasteiger partial charge in [-0.2, -0.15) is 8.42 Å². The Bertz CT molecular complexity index is 1030. The van der Waals surface area contributed by atoms with E-state index in [4.69, 9.17) is 14.0 Å². The zero-order valence-electron chi connectivity index (χ0n) is 21.7. The van der Waals surface area contributed by atoms with Crippen molar-refractivity contribution >= 4 is 22.1 Å². The Morgan fingerprint density at radius 2 is 1.56 bits per heavy atom. The van der Waals surface area contributed by atoms with Gasteiger partial charge in [-0.1, -0.05) is 6.07 Å². The normalized spacial score (nSPS) is 27.6. The molecule has 0 radical (unpaired) electrons. The minimum Gasteiger partial charge on any atom is -0.423 e. The first kappa shape index (κ1) is 28.6. The van der Waals surface area contributed by atoms with Gasteiger partial charge in [-0.3, -0.25) is 14.1 Å². The topological polar surface area (TPSA) is 139 Å². The third-order valence-electron chi connectivity index (χ3n) is 7.11. The second kappa shape index (κ2) is 10.8. The van der Waals surface area contributed by atoms with Crippen LogP contribution in [0.4, 0.5) is 0 Å². The van der Waals surface area contributed by atoms with E-state index >= 15 is 0 Å². The maximum atomic E-state index is 13.4. The van der Waals surface area contributed by atoms with Crippen LogP contribution < -0.4 is 14.8 Å². The van der Waals surface area contributed by atoms with Gasteiger partial charge in [0.2, 0.25) is 0 Å². The lowest BCUT2D eigenvalue weighted by Gasteiger charge is -2.55. The fourth-order valence-corrected chi connectivity index (χ4v) is 6.14. The van der Waals surface area contributed by atoms with Crippen molar-refractivity contribution in [1.82, 2.24) is 5.32 Å². The fourth-order valence-electron chi connectivity index (χ4n) is 6.14. The van der Waals surface area contributed by atoms with Gasteiger partial charge in [0.15, 0.2) is 11.5 Å². The first-order valence-electron chi connectivity index (χ1n) is 12.4. The molecule has 1 aromatic carbocycles. The number of carbonyl (C=O) groups is 2. The molecule has 36 heavy (non-hydrogen) atoms. The highest BCUT2D eigenvalue weighted by Crippen LogP contribution is 2.60. The molecule has 4 saturated carbocycles. The zero-order chi connectivity index (χ0) is 26.9. The van der Waals surface area contributed by atoms with Crippen molar-refractivity contribution in [1.29, 1.82) is 0 Å². The van der Waals surface area contributed by atoms with Crippen molar-refractivity contribution in [2.24, 2.45) is 23.2 Å². The van der Waals surface area contributed by atoms with Crippen LogP contribution in [-0.4, -0.2) is 48.4 Å². The number of benzene rings is 1.